The molecule has 2 aliphatic heterocycles. The number of carbonyl (C=O) groups excluding carboxylic acids is 1. The zero-order valence-electron chi connectivity index (χ0n) is 16.8. The monoisotopic (exact) mass is 459 g/mol. The summed E-state index contributed by atoms with van der Waals surface area (Å²) in [7, 11) is 0. The second-order valence-corrected chi connectivity index (χ2v) is 8.43. The van der Waals surface area contributed by atoms with E-state index in [0.29, 0.717) is 30.1 Å². The molecule has 1 N–H and O–H groups in total. The maximum absolute atomic E-state index is 13.4. The van der Waals surface area contributed by atoms with Crippen LogP contribution in [0.3, 0.4) is 0 Å². The summed E-state index contributed by atoms with van der Waals surface area (Å²) in [4.78, 5) is 24.1. The highest BCUT2D eigenvalue weighted by molar-refractivity contribution is 7.09. The molecule has 0 unspecified atom stereocenters. The number of pyridine rings is 1. The average Bonchev–Trinajstić information content (AvgIpc) is 3.50. The van der Waals surface area contributed by atoms with Crippen LogP contribution in [0.4, 0.5) is 19.3 Å². The number of carbonyl (C=O) groups is 1. The number of halogens is 2. The van der Waals surface area contributed by atoms with E-state index in [4.69, 9.17) is 0 Å². The molecular formula is C21H19F2N5O3S. The van der Waals surface area contributed by atoms with Crippen molar-refractivity contribution < 1.29 is 23.0 Å². The SMILES string of the molecule is O=C(/N=c1\sc(CNc2cccnc2)cn1-c1ccc2c(c1)OC(F)(F)O2)N1CCCC1. The molecule has 0 atom stereocenters. The number of nitrogens with one attached hydrogen (secondary N) is 1. The van der Waals surface area contributed by atoms with Gasteiger partial charge in [-0.15, -0.1) is 8.78 Å². The van der Waals surface area contributed by atoms with E-state index in [1.165, 1.54) is 23.5 Å². The Balaban J connectivity index is 1.49. The second-order valence-electron chi connectivity index (χ2n) is 7.33. The van der Waals surface area contributed by atoms with Crippen LogP contribution in [-0.2, 0) is 6.54 Å². The molecule has 32 heavy (non-hydrogen) atoms. The van der Waals surface area contributed by atoms with Gasteiger partial charge in [0.05, 0.1) is 17.9 Å². The lowest BCUT2D eigenvalue weighted by atomic mass is 10.3. The number of rotatable bonds is 4. The highest BCUT2D eigenvalue weighted by Gasteiger charge is 2.43. The van der Waals surface area contributed by atoms with Crippen molar-refractivity contribution in [3.05, 3.63) is 58.6 Å². The molecule has 11 heteroatoms. The van der Waals surface area contributed by atoms with Gasteiger partial charge in [0.15, 0.2) is 16.3 Å². The Morgan fingerprint density at radius 3 is 2.81 bits per heavy atom. The maximum atomic E-state index is 13.4. The molecule has 1 fully saturated rings. The molecule has 0 aliphatic carbocycles. The summed E-state index contributed by atoms with van der Waals surface area (Å²) in [5.41, 5.74) is 1.38. The van der Waals surface area contributed by atoms with E-state index in [9.17, 15) is 13.6 Å². The first-order valence-electron chi connectivity index (χ1n) is 10.1. The predicted octanol–water partition coefficient (Wildman–Crippen LogP) is 3.98. The molecule has 0 saturated carbocycles. The number of likely N-dealkylation sites (tertiary alicyclic amines) is 1. The van der Waals surface area contributed by atoms with Gasteiger partial charge in [0.1, 0.15) is 0 Å². The van der Waals surface area contributed by atoms with Crippen molar-refractivity contribution in [1.29, 1.82) is 0 Å². The van der Waals surface area contributed by atoms with Gasteiger partial charge >= 0.3 is 12.3 Å². The molecule has 0 spiro atoms. The molecular weight excluding hydrogens is 440 g/mol. The number of ether oxygens (including phenoxy) is 2. The summed E-state index contributed by atoms with van der Waals surface area (Å²) in [6, 6.07) is 7.89. The lowest BCUT2D eigenvalue weighted by Gasteiger charge is -2.10. The van der Waals surface area contributed by atoms with Gasteiger partial charge in [0, 0.05) is 42.6 Å². The van der Waals surface area contributed by atoms with E-state index in [2.05, 4.69) is 24.8 Å². The Labute approximate surface area is 185 Å². The quantitative estimate of drug-likeness (QED) is 0.638. The number of aromatic nitrogens is 2. The fourth-order valence-corrected chi connectivity index (χ4v) is 4.46. The summed E-state index contributed by atoms with van der Waals surface area (Å²) in [6.07, 6.45) is 3.44. The first kappa shape index (κ1) is 20.4. The molecule has 1 aromatic carbocycles. The Morgan fingerprint density at radius 1 is 1.22 bits per heavy atom. The van der Waals surface area contributed by atoms with Gasteiger partial charge in [-0.1, -0.05) is 11.3 Å². The smallest absolute Gasteiger partial charge is 0.395 e. The van der Waals surface area contributed by atoms with Crippen LogP contribution < -0.4 is 19.6 Å². The average molecular weight is 459 g/mol. The van der Waals surface area contributed by atoms with Gasteiger partial charge < -0.3 is 19.7 Å². The molecule has 4 heterocycles. The minimum absolute atomic E-state index is 0.0420. The van der Waals surface area contributed by atoms with Crippen molar-refractivity contribution in [2.45, 2.75) is 25.7 Å². The summed E-state index contributed by atoms with van der Waals surface area (Å²) in [5, 5.41) is 3.27. The number of thiazole rings is 1. The number of hydrogen-bond acceptors (Lipinski definition) is 6. The molecule has 166 valence electrons. The number of benzene rings is 1. The molecule has 3 aromatic rings. The number of nitrogens with zero attached hydrogens (tertiary/aromatic N) is 4. The Bertz CT molecular complexity index is 1210. The molecule has 2 aliphatic rings. The van der Waals surface area contributed by atoms with Crippen LogP contribution in [0, 0.1) is 0 Å². The van der Waals surface area contributed by atoms with Crippen LogP contribution in [-0.4, -0.2) is 39.9 Å². The summed E-state index contributed by atoms with van der Waals surface area (Å²) >= 11 is 1.34. The van der Waals surface area contributed by atoms with E-state index in [1.807, 2.05) is 18.3 Å². The first-order chi connectivity index (χ1) is 15.5. The van der Waals surface area contributed by atoms with E-state index in [1.54, 1.807) is 27.9 Å². The van der Waals surface area contributed by atoms with Crippen LogP contribution in [0.2, 0.25) is 0 Å². The van der Waals surface area contributed by atoms with Crippen LogP contribution in [0.5, 0.6) is 11.5 Å². The van der Waals surface area contributed by atoms with Crippen LogP contribution >= 0.6 is 11.3 Å². The van der Waals surface area contributed by atoms with E-state index in [-0.39, 0.29) is 17.5 Å². The van der Waals surface area contributed by atoms with E-state index < -0.39 is 6.29 Å². The number of fused-ring (bicyclic) bond motifs is 1. The van der Waals surface area contributed by atoms with Gasteiger partial charge in [0.25, 0.3) is 0 Å². The largest absolute Gasteiger partial charge is 0.586 e. The zero-order valence-corrected chi connectivity index (χ0v) is 17.6. The predicted molar refractivity (Wildman–Crippen MR) is 113 cm³/mol. The fourth-order valence-electron chi connectivity index (χ4n) is 3.54. The number of anilines is 1. The lowest BCUT2D eigenvalue weighted by Crippen LogP contribution is -2.27. The van der Waals surface area contributed by atoms with Gasteiger partial charge in [-0.2, -0.15) is 4.99 Å². The Hall–Kier alpha value is -3.47. The summed E-state index contributed by atoms with van der Waals surface area (Å²) < 4.78 is 37.6. The van der Waals surface area contributed by atoms with Crippen molar-refractivity contribution in [3.63, 3.8) is 0 Å². The first-order valence-corrected chi connectivity index (χ1v) is 10.9. The standard InChI is InChI=1S/C21H19F2N5O3S/c22-21(23)30-17-6-5-15(10-18(17)31-21)28-13-16(12-25-14-4-3-7-24-11-14)32-20(28)26-19(29)27-8-1-2-9-27/h3-7,10-11,13,25H,1-2,8-9,12H2/b26-20-. The minimum atomic E-state index is -3.70. The van der Waals surface area contributed by atoms with Gasteiger partial charge in [0.2, 0.25) is 0 Å². The molecule has 0 bridgehead atoms. The van der Waals surface area contributed by atoms with Gasteiger partial charge in [-0.25, -0.2) is 4.79 Å². The maximum Gasteiger partial charge on any atom is 0.586 e. The molecule has 2 aromatic heterocycles. The summed E-state index contributed by atoms with van der Waals surface area (Å²) in [5.74, 6) is -0.113. The third-order valence-electron chi connectivity index (χ3n) is 5.06. The van der Waals surface area contributed by atoms with E-state index in [0.717, 1.165) is 23.4 Å². The number of hydrogen-bond donors (Lipinski definition) is 1. The fraction of sp³-hybridized carbons (Fsp3) is 0.286. The molecule has 5 rings (SSSR count). The molecule has 2 amide bonds. The normalized spacial score (nSPS) is 17.1. The van der Waals surface area contributed by atoms with Crippen LogP contribution in [0.15, 0.2) is 53.9 Å². The van der Waals surface area contributed by atoms with Crippen molar-refractivity contribution >= 4 is 23.1 Å². The number of alkyl halides is 2. The molecule has 1 saturated heterocycles. The second kappa shape index (κ2) is 8.23. The lowest BCUT2D eigenvalue weighted by molar-refractivity contribution is -0.286. The van der Waals surface area contributed by atoms with Crippen molar-refractivity contribution in [2.24, 2.45) is 4.99 Å². The van der Waals surface area contributed by atoms with Crippen LogP contribution in [0.25, 0.3) is 5.69 Å². The number of urea groups is 1. The Kier molecular flexibility index (Phi) is 5.25. The van der Waals surface area contributed by atoms with Crippen molar-refractivity contribution in [3.8, 4) is 17.2 Å². The minimum Gasteiger partial charge on any atom is -0.395 e. The number of amides is 2. The Morgan fingerprint density at radius 2 is 2.03 bits per heavy atom. The third-order valence-corrected chi connectivity index (χ3v) is 6.04. The zero-order chi connectivity index (χ0) is 22.1. The highest BCUT2D eigenvalue weighted by Crippen LogP contribution is 2.41. The molecule has 8 nitrogen and oxygen atoms in total. The molecule has 0 radical (unpaired) electrons. The van der Waals surface area contributed by atoms with Gasteiger partial charge in [-0.3, -0.25) is 9.55 Å². The van der Waals surface area contributed by atoms with Crippen LogP contribution in [0.1, 0.15) is 17.7 Å². The third kappa shape index (κ3) is 4.28. The summed E-state index contributed by atoms with van der Waals surface area (Å²) in [6.45, 7) is 1.84. The highest BCUT2D eigenvalue weighted by atomic mass is 32.1. The van der Waals surface area contributed by atoms with Gasteiger partial charge in [-0.05, 0) is 37.1 Å². The van der Waals surface area contributed by atoms with Crippen molar-refractivity contribution in [1.82, 2.24) is 14.5 Å². The van der Waals surface area contributed by atoms with Crippen molar-refractivity contribution in [2.75, 3.05) is 18.4 Å². The van der Waals surface area contributed by atoms with E-state index >= 15 is 0 Å². The topological polar surface area (TPSA) is 81.0 Å².